The third-order valence-corrected chi connectivity index (χ3v) is 5.34. The first-order valence-electron chi connectivity index (χ1n) is 10.3. The summed E-state index contributed by atoms with van der Waals surface area (Å²) < 4.78 is 27.4. The number of carbonyl (C=O) groups is 1. The van der Waals surface area contributed by atoms with E-state index in [-0.39, 0.29) is 24.1 Å². The molecule has 3 aromatic carbocycles. The molecular weight excluding hydrogens is 396 g/mol. The molecule has 0 aliphatic carbocycles. The molecule has 0 saturated heterocycles. The molecule has 0 fully saturated rings. The first kappa shape index (κ1) is 20.7. The number of aromatic nitrogens is 2. The summed E-state index contributed by atoms with van der Waals surface area (Å²) in [5.74, 6) is -0.484. The van der Waals surface area contributed by atoms with Crippen molar-refractivity contribution < 1.29 is 13.6 Å². The van der Waals surface area contributed by atoms with Crippen LogP contribution in [0.25, 0.3) is 16.6 Å². The van der Waals surface area contributed by atoms with Crippen LogP contribution in [0.5, 0.6) is 0 Å². The lowest BCUT2D eigenvalue weighted by atomic mass is 9.88. The van der Waals surface area contributed by atoms with Crippen molar-refractivity contribution in [2.75, 3.05) is 13.2 Å². The van der Waals surface area contributed by atoms with Gasteiger partial charge in [0.25, 0.3) is 0 Å². The number of alkyl halides is 1. The Morgan fingerprint density at radius 3 is 2.52 bits per heavy atom. The minimum atomic E-state index is -0.650. The SMILES string of the molecule is O=C(CCF)NCCC(c1ccccc1)c1ccc2c(cnn2-c2ccc(F)cc2)c1. The summed E-state index contributed by atoms with van der Waals surface area (Å²) in [6.45, 7) is -0.187. The predicted molar refractivity (Wildman–Crippen MR) is 118 cm³/mol. The van der Waals surface area contributed by atoms with Crippen molar-refractivity contribution in [2.45, 2.75) is 18.8 Å². The number of halogens is 2. The molecule has 6 heteroatoms. The van der Waals surface area contributed by atoms with Crippen LogP contribution >= 0.6 is 0 Å². The van der Waals surface area contributed by atoms with Crippen molar-refractivity contribution >= 4 is 16.8 Å². The zero-order chi connectivity index (χ0) is 21.6. The van der Waals surface area contributed by atoms with E-state index in [1.807, 2.05) is 24.3 Å². The number of rotatable bonds is 8. The van der Waals surface area contributed by atoms with Crippen LogP contribution in [0.15, 0.2) is 79.0 Å². The summed E-state index contributed by atoms with van der Waals surface area (Å²) >= 11 is 0. The van der Waals surface area contributed by atoms with Gasteiger partial charge in [-0.15, -0.1) is 0 Å². The van der Waals surface area contributed by atoms with Gasteiger partial charge in [0.15, 0.2) is 0 Å². The number of fused-ring (bicyclic) bond motifs is 1. The van der Waals surface area contributed by atoms with Crippen molar-refractivity contribution in [1.82, 2.24) is 15.1 Å². The molecule has 4 aromatic rings. The summed E-state index contributed by atoms with van der Waals surface area (Å²) in [5, 5.41) is 8.25. The summed E-state index contributed by atoms with van der Waals surface area (Å²) in [7, 11) is 0. The van der Waals surface area contributed by atoms with Crippen LogP contribution in [0.1, 0.15) is 29.9 Å². The lowest BCUT2D eigenvalue weighted by molar-refractivity contribution is -0.121. The van der Waals surface area contributed by atoms with Gasteiger partial charge in [0.05, 0.1) is 30.5 Å². The highest BCUT2D eigenvalue weighted by Crippen LogP contribution is 2.30. The highest BCUT2D eigenvalue weighted by Gasteiger charge is 2.16. The molecule has 4 rings (SSSR count). The summed E-state index contributed by atoms with van der Waals surface area (Å²) in [6.07, 6.45) is 2.39. The van der Waals surface area contributed by atoms with Crippen molar-refractivity contribution in [3.05, 3.63) is 95.9 Å². The molecule has 1 amide bonds. The largest absolute Gasteiger partial charge is 0.356 e. The van der Waals surface area contributed by atoms with Gasteiger partial charge in [-0.1, -0.05) is 36.4 Å². The molecule has 4 nitrogen and oxygen atoms in total. The van der Waals surface area contributed by atoms with Gasteiger partial charge in [-0.2, -0.15) is 5.10 Å². The molecule has 1 atom stereocenters. The Kier molecular flexibility index (Phi) is 6.36. The number of benzene rings is 3. The van der Waals surface area contributed by atoms with E-state index in [1.54, 1.807) is 23.0 Å². The smallest absolute Gasteiger partial charge is 0.222 e. The molecule has 1 N–H and O–H groups in total. The van der Waals surface area contributed by atoms with Crippen LogP contribution in [0.4, 0.5) is 8.78 Å². The number of hydrogen-bond donors (Lipinski definition) is 1. The quantitative estimate of drug-likeness (QED) is 0.429. The zero-order valence-electron chi connectivity index (χ0n) is 17.0. The molecule has 0 aliphatic heterocycles. The van der Waals surface area contributed by atoms with E-state index in [0.29, 0.717) is 13.0 Å². The first-order valence-corrected chi connectivity index (χ1v) is 10.3. The third-order valence-electron chi connectivity index (χ3n) is 5.34. The fourth-order valence-electron chi connectivity index (χ4n) is 3.80. The molecular formula is C25H23F2N3O. The molecule has 1 unspecified atom stereocenters. The second-order valence-electron chi connectivity index (χ2n) is 7.39. The highest BCUT2D eigenvalue weighted by molar-refractivity contribution is 5.81. The van der Waals surface area contributed by atoms with Gasteiger partial charge in [0.2, 0.25) is 5.91 Å². The number of amides is 1. The molecule has 0 spiro atoms. The molecule has 31 heavy (non-hydrogen) atoms. The number of hydrogen-bond acceptors (Lipinski definition) is 2. The number of nitrogens with zero attached hydrogens (tertiary/aromatic N) is 2. The number of nitrogens with one attached hydrogen (secondary N) is 1. The van der Waals surface area contributed by atoms with Gasteiger partial charge in [0, 0.05) is 17.8 Å². The van der Waals surface area contributed by atoms with Gasteiger partial charge in [-0.3, -0.25) is 9.18 Å². The van der Waals surface area contributed by atoms with E-state index in [4.69, 9.17) is 0 Å². The fourth-order valence-corrected chi connectivity index (χ4v) is 3.80. The lowest BCUT2D eigenvalue weighted by Gasteiger charge is -2.19. The van der Waals surface area contributed by atoms with E-state index < -0.39 is 6.67 Å². The van der Waals surface area contributed by atoms with Crippen LogP contribution in [0.3, 0.4) is 0 Å². The van der Waals surface area contributed by atoms with E-state index in [1.165, 1.54) is 12.1 Å². The average Bonchev–Trinajstić information content (AvgIpc) is 3.21. The second kappa shape index (κ2) is 9.51. The van der Waals surface area contributed by atoms with Gasteiger partial charge < -0.3 is 5.32 Å². The molecule has 0 radical (unpaired) electrons. The van der Waals surface area contributed by atoms with Crippen molar-refractivity contribution in [2.24, 2.45) is 0 Å². The Bertz CT molecular complexity index is 1160. The van der Waals surface area contributed by atoms with Crippen LogP contribution in [-0.4, -0.2) is 28.9 Å². The first-order chi connectivity index (χ1) is 15.2. The van der Waals surface area contributed by atoms with E-state index in [0.717, 1.165) is 27.7 Å². The Morgan fingerprint density at radius 1 is 1.00 bits per heavy atom. The Balaban J connectivity index is 1.62. The van der Waals surface area contributed by atoms with Crippen LogP contribution in [0.2, 0.25) is 0 Å². The molecule has 0 saturated carbocycles. The monoisotopic (exact) mass is 419 g/mol. The standard InChI is InChI=1S/C25H23F2N3O/c26-14-12-25(31)28-15-13-23(18-4-2-1-3-5-18)19-6-11-24-20(16-19)17-29-30(24)22-9-7-21(27)8-10-22/h1-11,16-17,23H,12-15H2,(H,28,31). The van der Waals surface area contributed by atoms with Gasteiger partial charge in [-0.05, 0) is 53.9 Å². The highest BCUT2D eigenvalue weighted by atomic mass is 19.1. The molecule has 1 aromatic heterocycles. The molecule has 0 aliphatic rings. The predicted octanol–water partition coefficient (Wildman–Crippen LogP) is 5.16. The van der Waals surface area contributed by atoms with Gasteiger partial charge >= 0.3 is 0 Å². The molecule has 158 valence electrons. The second-order valence-corrected chi connectivity index (χ2v) is 7.39. The Morgan fingerprint density at radius 2 is 1.77 bits per heavy atom. The van der Waals surface area contributed by atoms with Crippen molar-refractivity contribution in [3.8, 4) is 5.69 Å². The lowest BCUT2D eigenvalue weighted by Crippen LogP contribution is -2.26. The summed E-state index contributed by atoms with van der Waals surface area (Å²) in [5.41, 5.74) is 3.97. The Hall–Kier alpha value is -3.54. The minimum Gasteiger partial charge on any atom is -0.356 e. The summed E-state index contributed by atoms with van der Waals surface area (Å²) in [6, 6.07) is 22.5. The van der Waals surface area contributed by atoms with Crippen LogP contribution in [0, 0.1) is 5.82 Å². The molecule has 1 heterocycles. The van der Waals surface area contributed by atoms with Gasteiger partial charge in [-0.25, -0.2) is 9.07 Å². The van der Waals surface area contributed by atoms with Crippen molar-refractivity contribution in [1.29, 1.82) is 0 Å². The normalized spacial score (nSPS) is 12.1. The average molecular weight is 419 g/mol. The van der Waals surface area contributed by atoms with Gasteiger partial charge in [0.1, 0.15) is 5.82 Å². The third kappa shape index (κ3) is 4.79. The Labute approximate surface area is 179 Å². The van der Waals surface area contributed by atoms with E-state index in [2.05, 4.69) is 34.7 Å². The van der Waals surface area contributed by atoms with Crippen LogP contribution < -0.4 is 5.32 Å². The minimum absolute atomic E-state index is 0.0745. The zero-order valence-corrected chi connectivity index (χ0v) is 17.0. The maximum Gasteiger partial charge on any atom is 0.222 e. The fraction of sp³-hybridized carbons (Fsp3) is 0.200. The topological polar surface area (TPSA) is 46.9 Å². The molecule has 0 bridgehead atoms. The van der Waals surface area contributed by atoms with Crippen molar-refractivity contribution in [3.63, 3.8) is 0 Å². The maximum absolute atomic E-state index is 13.3. The number of carbonyl (C=O) groups excluding carboxylic acids is 1. The van der Waals surface area contributed by atoms with Crippen LogP contribution in [-0.2, 0) is 4.79 Å². The van der Waals surface area contributed by atoms with E-state index in [9.17, 15) is 13.6 Å². The summed E-state index contributed by atoms with van der Waals surface area (Å²) in [4.78, 5) is 11.6. The maximum atomic E-state index is 13.3. The van der Waals surface area contributed by atoms with E-state index >= 15 is 0 Å².